The number of rotatable bonds is 6. The molecule has 0 unspecified atom stereocenters. The number of allylic oxidation sites excluding steroid dienone is 2. The number of hydrazine groups is 1. The number of imide groups is 2. The minimum Gasteiger partial charge on any atom is -0.508 e. The normalized spacial score (nSPS) is 28.1. The van der Waals surface area contributed by atoms with Crippen molar-refractivity contribution in [3.63, 3.8) is 0 Å². The van der Waals surface area contributed by atoms with Gasteiger partial charge in [-0.05, 0) is 85.3 Å². The topological polar surface area (TPSA) is 119 Å². The van der Waals surface area contributed by atoms with E-state index in [2.05, 4.69) is 10.3 Å². The molecule has 2 aliphatic carbocycles. The number of morpholine rings is 1. The van der Waals surface area contributed by atoms with Gasteiger partial charge in [-0.15, -0.1) is 0 Å². The van der Waals surface area contributed by atoms with Crippen molar-refractivity contribution in [1.29, 1.82) is 0 Å². The van der Waals surface area contributed by atoms with Crippen LogP contribution in [0.3, 0.4) is 0 Å². The number of amides is 4. The van der Waals surface area contributed by atoms with E-state index >= 15 is 4.79 Å². The molecule has 9 rings (SSSR count). The molecule has 0 radical (unpaired) electrons. The van der Waals surface area contributed by atoms with Crippen molar-refractivity contribution in [2.75, 3.05) is 41.5 Å². The van der Waals surface area contributed by atoms with Crippen LogP contribution in [0.4, 0.5) is 17.1 Å². The third-order valence-electron chi connectivity index (χ3n) is 12.1. The van der Waals surface area contributed by atoms with Gasteiger partial charge in [-0.25, -0.2) is 0 Å². The summed E-state index contributed by atoms with van der Waals surface area (Å²) in [5.41, 5.74) is 7.28. The summed E-state index contributed by atoms with van der Waals surface area (Å²) in [7, 11) is 0. The first kappa shape index (κ1) is 33.1. The number of ether oxygens (including phenoxy) is 1. The Bertz CT molecular complexity index is 2130. The largest absolute Gasteiger partial charge is 0.508 e. The van der Waals surface area contributed by atoms with E-state index < -0.39 is 35.0 Å². The zero-order valence-corrected chi connectivity index (χ0v) is 29.4. The first-order chi connectivity index (χ1) is 25.8. The zero-order valence-electron chi connectivity index (χ0n) is 29.4. The molecular formula is C43H40N4O6. The Morgan fingerprint density at radius 3 is 2.13 bits per heavy atom. The molecule has 4 aromatic carbocycles. The van der Waals surface area contributed by atoms with Crippen molar-refractivity contribution in [2.24, 2.45) is 23.7 Å². The van der Waals surface area contributed by atoms with Crippen molar-refractivity contribution in [1.82, 2.24) is 5.01 Å². The van der Waals surface area contributed by atoms with Crippen LogP contribution in [0.15, 0.2) is 115 Å². The van der Waals surface area contributed by atoms with Crippen LogP contribution >= 0.6 is 0 Å². The number of hydrogen-bond donors (Lipinski definition) is 2. The van der Waals surface area contributed by atoms with E-state index in [1.807, 2.05) is 91.9 Å². The fourth-order valence-electron chi connectivity index (χ4n) is 9.68. The lowest BCUT2D eigenvalue weighted by Gasteiger charge is -2.50. The number of aromatic hydroxyl groups is 1. The fourth-order valence-corrected chi connectivity index (χ4v) is 9.68. The zero-order chi connectivity index (χ0) is 36.4. The van der Waals surface area contributed by atoms with E-state index in [-0.39, 0.29) is 35.8 Å². The van der Waals surface area contributed by atoms with Gasteiger partial charge in [0.15, 0.2) is 0 Å². The lowest BCUT2D eigenvalue weighted by molar-refractivity contribution is -0.138. The van der Waals surface area contributed by atoms with Crippen LogP contribution < -0.4 is 15.2 Å². The molecule has 53 heavy (non-hydrogen) atoms. The van der Waals surface area contributed by atoms with Gasteiger partial charge in [0.2, 0.25) is 11.8 Å². The van der Waals surface area contributed by atoms with E-state index in [0.29, 0.717) is 36.6 Å². The number of aryl methyl sites for hydroxylation is 1. The molecule has 1 saturated carbocycles. The van der Waals surface area contributed by atoms with Crippen LogP contribution in [-0.4, -0.2) is 60.0 Å². The smallest absolute Gasteiger partial charge is 0.260 e. The number of carbonyl (C=O) groups excluding carboxylic acids is 4. The van der Waals surface area contributed by atoms with Crippen molar-refractivity contribution < 1.29 is 29.0 Å². The van der Waals surface area contributed by atoms with Crippen molar-refractivity contribution in [3.8, 4) is 5.75 Å². The Morgan fingerprint density at radius 1 is 0.755 bits per heavy atom. The number of nitrogens with zero attached hydrogens (tertiary/aromatic N) is 3. The molecule has 0 bridgehead atoms. The van der Waals surface area contributed by atoms with Gasteiger partial charge < -0.3 is 14.7 Å². The Morgan fingerprint density at radius 2 is 1.43 bits per heavy atom. The van der Waals surface area contributed by atoms with E-state index in [4.69, 9.17) is 4.74 Å². The highest BCUT2D eigenvalue weighted by Crippen LogP contribution is 2.64. The third kappa shape index (κ3) is 5.10. The van der Waals surface area contributed by atoms with Crippen molar-refractivity contribution in [2.45, 2.75) is 31.1 Å². The lowest BCUT2D eigenvalue weighted by atomic mass is 9.49. The highest BCUT2D eigenvalue weighted by Gasteiger charge is 2.70. The highest BCUT2D eigenvalue weighted by atomic mass is 16.5. The summed E-state index contributed by atoms with van der Waals surface area (Å²) in [6.45, 7) is 4.81. The Hall–Kier alpha value is -5.74. The molecule has 3 heterocycles. The van der Waals surface area contributed by atoms with Gasteiger partial charge in [-0.1, -0.05) is 71.8 Å². The summed E-state index contributed by atoms with van der Waals surface area (Å²) in [5, 5.41) is 11.5. The SMILES string of the molecule is Cc1ccc(NN2C(=O)[C@@H]3C[C@@H]4C(=CC[C@@H]5C(=O)N(c6ccc(N7CCOCC7)cc6)C(=O)[C@@H]54)[C@H](c4ccc(O)cc4)[C@]3(c3ccccc3)C2=O)cc1. The van der Waals surface area contributed by atoms with Gasteiger partial charge in [0.1, 0.15) is 5.75 Å². The Labute approximate surface area is 307 Å². The molecule has 3 aliphatic heterocycles. The second-order valence-corrected chi connectivity index (χ2v) is 14.8. The summed E-state index contributed by atoms with van der Waals surface area (Å²) in [4.78, 5) is 62.4. The standard InChI is InChI=1S/C43H40N4O6/c1-26-7-11-29(12-8-26)44-47-40(50)36-25-35-33(38(27-9-17-32(48)18-10-27)43(36,42(47)52)28-5-3-2-4-6-28)19-20-34-37(35)41(51)46(39(34)49)31-15-13-30(14-16-31)45-21-23-53-24-22-45/h2-19,34-38,44,48H,20-25H2,1H3/t34-,35+,36-,37-,38-,43+/m0/s1. The average Bonchev–Trinajstić information content (AvgIpc) is 3.57. The molecular weight excluding hydrogens is 668 g/mol. The monoisotopic (exact) mass is 708 g/mol. The van der Waals surface area contributed by atoms with Crippen LogP contribution in [0, 0.1) is 30.6 Å². The summed E-state index contributed by atoms with van der Waals surface area (Å²) in [5.74, 6) is -4.46. The van der Waals surface area contributed by atoms with E-state index in [0.717, 1.165) is 40.5 Å². The predicted molar refractivity (Wildman–Crippen MR) is 199 cm³/mol. The molecule has 4 fully saturated rings. The molecule has 2 N–H and O–H groups in total. The minimum absolute atomic E-state index is 0.0763. The van der Waals surface area contributed by atoms with Crippen LogP contribution in [-0.2, 0) is 29.3 Å². The molecule has 0 aromatic heterocycles. The molecule has 6 atom stereocenters. The summed E-state index contributed by atoms with van der Waals surface area (Å²) in [6, 6.07) is 31.3. The van der Waals surface area contributed by atoms with Crippen molar-refractivity contribution >= 4 is 40.7 Å². The molecule has 4 aromatic rings. The highest BCUT2D eigenvalue weighted by molar-refractivity contribution is 6.22. The molecule has 268 valence electrons. The maximum Gasteiger partial charge on any atom is 0.260 e. The van der Waals surface area contributed by atoms with Gasteiger partial charge in [0.05, 0.1) is 47.8 Å². The number of anilines is 3. The quantitative estimate of drug-likeness (QED) is 0.193. The van der Waals surface area contributed by atoms with Crippen molar-refractivity contribution in [3.05, 3.63) is 131 Å². The van der Waals surface area contributed by atoms with Gasteiger partial charge in [-0.2, -0.15) is 5.01 Å². The summed E-state index contributed by atoms with van der Waals surface area (Å²) >= 11 is 0. The molecule has 10 nitrogen and oxygen atoms in total. The maximum absolute atomic E-state index is 15.2. The van der Waals surface area contributed by atoms with E-state index in [1.54, 1.807) is 24.3 Å². The van der Waals surface area contributed by atoms with Crippen LogP contribution in [0.5, 0.6) is 5.75 Å². The Kier molecular flexibility index (Phi) is 7.96. The predicted octanol–water partition coefficient (Wildman–Crippen LogP) is 5.73. The first-order valence-corrected chi connectivity index (χ1v) is 18.3. The Balaban J connectivity index is 1.14. The second-order valence-electron chi connectivity index (χ2n) is 14.8. The van der Waals surface area contributed by atoms with Crippen LogP contribution in [0.2, 0.25) is 0 Å². The molecule has 5 aliphatic rings. The average molecular weight is 709 g/mol. The molecule has 4 amide bonds. The second kappa shape index (κ2) is 12.7. The fraction of sp³-hybridized carbons (Fsp3) is 0.302. The number of phenols is 1. The number of hydrogen-bond acceptors (Lipinski definition) is 8. The first-order valence-electron chi connectivity index (χ1n) is 18.3. The van der Waals surface area contributed by atoms with Crippen LogP contribution in [0.25, 0.3) is 0 Å². The number of nitrogens with one attached hydrogen (secondary N) is 1. The number of benzene rings is 4. The van der Waals surface area contributed by atoms with Gasteiger partial charge in [0, 0.05) is 24.7 Å². The van der Waals surface area contributed by atoms with E-state index in [9.17, 15) is 19.5 Å². The van der Waals surface area contributed by atoms with Gasteiger partial charge >= 0.3 is 0 Å². The van der Waals surface area contributed by atoms with Gasteiger partial charge in [-0.3, -0.25) is 29.5 Å². The third-order valence-corrected chi connectivity index (χ3v) is 12.1. The van der Waals surface area contributed by atoms with Crippen LogP contribution in [0.1, 0.15) is 35.4 Å². The lowest BCUT2D eigenvalue weighted by Crippen LogP contribution is -2.53. The molecule has 10 heteroatoms. The maximum atomic E-state index is 15.2. The minimum atomic E-state index is -1.36. The molecule has 0 spiro atoms. The summed E-state index contributed by atoms with van der Waals surface area (Å²) < 4.78 is 5.50. The summed E-state index contributed by atoms with van der Waals surface area (Å²) in [6.07, 6.45) is 2.60. The number of phenolic OH excluding ortho intramolecular Hbond substituents is 1. The van der Waals surface area contributed by atoms with Gasteiger partial charge in [0.25, 0.3) is 11.8 Å². The number of fused-ring (bicyclic) bond motifs is 4. The van der Waals surface area contributed by atoms with E-state index in [1.165, 1.54) is 4.90 Å². The number of carbonyl (C=O) groups is 4. The molecule has 3 saturated heterocycles.